The number of thiazole rings is 1. The number of aryl methyl sites for hydroxylation is 1. The van der Waals surface area contributed by atoms with E-state index in [1.165, 1.54) is 6.33 Å². The number of hydrogen-bond acceptors (Lipinski definition) is 8. The van der Waals surface area contributed by atoms with Crippen molar-refractivity contribution in [2.45, 2.75) is 12.7 Å². The summed E-state index contributed by atoms with van der Waals surface area (Å²) < 4.78 is 45.8. The Morgan fingerprint density at radius 3 is 2.75 bits per heavy atom. The Bertz CT molecular complexity index is 1290. The molecule has 166 valence electrons. The van der Waals surface area contributed by atoms with Gasteiger partial charge in [-0.2, -0.15) is 18.3 Å². The zero-order chi connectivity index (χ0) is 22.9. The number of hydrogen-bond donors (Lipinski definition) is 2. The summed E-state index contributed by atoms with van der Waals surface area (Å²) in [6.07, 6.45) is -3.17. The molecule has 0 unspecified atom stereocenters. The molecule has 0 bridgehead atoms. The molecule has 4 aromatic rings. The fraction of sp³-hybridized carbons (Fsp3) is 0.211. The van der Waals surface area contributed by atoms with E-state index in [1.807, 2.05) is 0 Å². The summed E-state index contributed by atoms with van der Waals surface area (Å²) >= 11 is 1.07. The predicted octanol–water partition coefficient (Wildman–Crippen LogP) is 3.60. The number of carbonyl (C=O) groups is 1. The molecule has 0 aliphatic rings. The van der Waals surface area contributed by atoms with Crippen LogP contribution < -0.4 is 15.4 Å². The molecule has 3 aromatic heterocycles. The minimum Gasteiger partial charge on any atom is -0.439 e. The minimum atomic E-state index is -4.57. The van der Waals surface area contributed by atoms with Crippen molar-refractivity contribution in [3.63, 3.8) is 0 Å². The summed E-state index contributed by atoms with van der Waals surface area (Å²) in [5, 5.41) is 9.10. The number of halogens is 3. The third-order valence-corrected chi connectivity index (χ3v) is 5.26. The van der Waals surface area contributed by atoms with Gasteiger partial charge in [-0.05, 0) is 19.2 Å². The van der Waals surface area contributed by atoms with Crippen LogP contribution in [0.25, 0.3) is 10.2 Å². The molecule has 9 nitrogen and oxygen atoms in total. The van der Waals surface area contributed by atoms with Gasteiger partial charge in [-0.1, -0.05) is 0 Å². The van der Waals surface area contributed by atoms with Crippen LogP contribution in [0.4, 0.5) is 19.0 Å². The van der Waals surface area contributed by atoms with Crippen LogP contribution in [0.1, 0.15) is 21.2 Å². The quantitative estimate of drug-likeness (QED) is 0.450. The number of nitrogens with one attached hydrogen (secondary N) is 2. The molecule has 0 aliphatic carbocycles. The fourth-order valence-corrected chi connectivity index (χ4v) is 3.75. The van der Waals surface area contributed by atoms with E-state index in [1.54, 1.807) is 31.3 Å². The lowest BCUT2D eigenvalue weighted by molar-refractivity contribution is -0.143. The summed E-state index contributed by atoms with van der Waals surface area (Å²) in [6, 6.07) is 7.52. The normalized spacial score (nSPS) is 11.7. The van der Waals surface area contributed by atoms with Crippen LogP contribution in [-0.2, 0) is 19.8 Å². The highest BCUT2D eigenvalue weighted by molar-refractivity contribution is 7.20. The van der Waals surface area contributed by atoms with E-state index < -0.39 is 17.8 Å². The molecule has 2 N–H and O–H groups in total. The van der Waals surface area contributed by atoms with Crippen LogP contribution in [0.5, 0.6) is 11.6 Å². The first-order valence-corrected chi connectivity index (χ1v) is 10.0. The van der Waals surface area contributed by atoms with Crippen molar-refractivity contribution >= 4 is 33.3 Å². The van der Waals surface area contributed by atoms with Crippen molar-refractivity contribution in [2.75, 3.05) is 12.4 Å². The first-order chi connectivity index (χ1) is 15.2. The van der Waals surface area contributed by atoms with Crippen LogP contribution >= 0.6 is 11.3 Å². The second kappa shape index (κ2) is 8.51. The Morgan fingerprint density at radius 2 is 2.03 bits per heavy atom. The maximum Gasteiger partial charge on any atom is 0.433 e. The van der Waals surface area contributed by atoms with E-state index in [4.69, 9.17) is 4.74 Å². The lowest BCUT2D eigenvalue weighted by atomic mass is 10.3. The number of carbonyl (C=O) groups excluding carboxylic acids is 1. The molecule has 1 amide bonds. The van der Waals surface area contributed by atoms with E-state index in [-0.39, 0.29) is 10.8 Å². The van der Waals surface area contributed by atoms with E-state index in [2.05, 4.69) is 30.7 Å². The molecular formula is C19H16F3N7O2S. The number of nitrogens with zero attached hydrogens (tertiary/aromatic N) is 5. The van der Waals surface area contributed by atoms with Crippen LogP contribution in [0.2, 0.25) is 0 Å². The predicted molar refractivity (Wildman–Crippen MR) is 111 cm³/mol. The average molecular weight is 463 g/mol. The van der Waals surface area contributed by atoms with Gasteiger partial charge in [0.1, 0.15) is 17.8 Å². The first kappa shape index (κ1) is 21.6. The van der Waals surface area contributed by atoms with Gasteiger partial charge in [-0.3, -0.25) is 9.48 Å². The second-order valence-electron chi connectivity index (χ2n) is 6.62. The van der Waals surface area contributed by atoms with Crippen molar-refractivity contribution in [3.8, 4) is 11.6 Å². The summed E-state index contributed by atoms with van der Waals surface area (Å²) in [5.74, 6) is -0.0216. The molecule has 1 aromatic carbocycles. The van der Waals surface area contributed by atoms with Crippen LogP contribution in [0.3, 0.4) is 0 Å². The topological polar surface area (TPSA) is 107 Å². The summed E-state index contributed by atoms with van der Waals surface area (Å²) in [6.45, 7) is 0.561. The Morgan fingerprint density at radius 1 is 1.22 bits per heavy atom. The van der Waals surface area contributed by atoms with Crippen molar-refractivity contribution in [3.05, 3.63) is 53.1 Å². The van der Waals surface area contributed by atoms with Crippen molar-refractivity contribution in [2.24, 2.45) is 7.05 Å². The van der Waals surface area contributed by atoms with E-state index in [9.17, 15) is 18.0 Å². The van der Waals surface area contributed by atoms with Gasteiger partial charge in [0.25, 0.3) is 5.91 Å². The highest BCUT2D eigenvalue weighted by Gasteiger charge is 2.35. The number of amides is 1. The molecule has 4 rings (SSSR count). The number of rotatable bonds is 6. The lowest BCUT2D eigenvalue weighted by Crippen LogP contribution is -2.12. The molecule has 0 atom stereocenters. The third-order valence-electron chi connectivity index (χ3n) is 4.24. The minimum absolute atomic E-state index is 0.0784. The number of ether oxygens (including phenoxy) is 1. The molecule has 0 spiro atoms. The Labute approximate surface area is 183 Å². The van der Waals surface area contributed by atoms with Crippen LogP contribution in [0.15, 0.2) is 36.7 Å². The Kier molecular flexibility index (Phi) is 5.76. The van der Waals surface area contributed by atoms with Gasteiger partial charge in [0.2, 0.25) is 5.88 Å². The van der Waals surface area contributed by atoms with Gasteiger partial charge in [0.05, 0.1) is 15.9 Å². The molecule has 0 radical (unpaired) electrons. The van der Waals surface area contributed by atoms with E-state index in [0.717, 1.165) is 30.1 Å². The molecule has 13 heteroatoms. The smallest absolute Gasteiger partial charge is 0.433 e. The van der Waals surface area contributed by atoms with Crippen molar-refractivity contribution in [1.29, 1.82) is 0 Å². The molecule has 0 saturated heterocycles. The third kappa shape index (κ3) is 4.68. The summed E-state index contributed by atoms with van der Waals surface area (Å²) in [7, 11) is 2.95. The van der Waals surface area contributed by atoms with Crippen molar-refractivity contribution in [1.82, 2.24) is 30.0 Å². The monoisotopic (exact) mass is 463 g/mol. The standard InChI is InChI=1S/C19H16F3N7O2S/c1-23-8-10-5-16(25-9-24-10)31-11-3-4-12-13(6-11)32-18(26-12)17(30)27-15-7-14(19(20,21)22)29(2)28-15/h3-7,9,23H,8H2,1-2H3,(H,27,28,30). The highest BCUT2D eigenvalue weighted by atomic mass is 32.1. The molecular weight excluding hydrogens is 447 g/mol. The van der Waals surface area contributed by atoms with E-state index >= 15 is 0 Å². The average Bonchev–Trinajstić information content (AvgIpc) is 3.31. The van der Waals surface area contributed by atoms with Gasteiger partial charge in [-0.15, -0.1) is 11.3 Å². The Balaban J connectivity index is 1.51. The Hall–Kier alpha value is -3.58. The lowest BCUT2D eigenvalue weighted by Gasteiger charge is -2.05. The van der Waals surface area contributed by atoms with Crippen LogP contribution in [0, 0.1) is 0 Å². The zero-order valence-electron chi connectivity index (χ0n) is 16.8. The second-order valence-corrected chi connectivity index (χ2v) is 7.65. The SMILES string of the molecule is CNCc1cc(Oc2ccc3nc(C(=O)Nc4cc(C(F)(F)F)n(C)n4)sc3c2)ncn1. The maximum absolute atomic E-state index is 12.9. The number of aromatic nitrogens is 5. The van der Waals surface area contributed by atoms with Gasteiger partial charge in [-0.25, -0.2) is 15.0 Å². The largest absolute Gasteiger partial charge is 0.439 e. The van der Waals surface area contributed by atoms with Crippen LogP contribution in [-0.4, -0.2) is 37.7 Å². The molecule has 0 saturated carbocycles. The van der Waals surface area contributed by atoms with Crippen molar-refractivity contribution < 1.29 is 22.7 Å². The molecule has 32 heavy (non-hydrogen) atoms. The van der Waals surface area contributed by atoms with Gasteiger partial charge < -0.3 is 15.4 Å². The number of alkyl halides is 3. The van der Waals surface area contributed by atoms with E-state index in [0.29, 0.717) is 33.1 Å². The maximum atomic E-state index is 12.9. The molecule has 0 fully saturated rings. The molecule has 3 heterocycles. The zero-order valence-corrected chi connectivity index (χ0v) is 17.6. The first-order valence-electron chi connectivity index (χ1n) is 9.19. The number of benzene rings is 1. The number of anilines is 1. The summed E-state index contributed by atoms with van der Waals surface area (Å²) in [5.41, 5.74) is 0.336. The van der Waals surface area contributed by atoms with Gasteiger partial charge in [0, 0.05) is 31.8 Å². The van der Waals surface area contributed by atoms with Gasteiger partial charge >= 0.3 is 6.18 Å². The molecule has 0 aliphatic heterocycles. The van der Waals surface area contributed by atoms with Gasteiger partial charge in [0.15, 0.2) is 10.8 Å². The summed E-state index contributed by atoms with van der Waals surface area (Å²) in [4.78, 5) is 24.9. The fourth-order valence-electron chi connectivity index (χ4n) is 2.86. The highest BCUT2D eigenvalue weighted by Crippen LogP contribution is 2.31. The number of fused-ring (bicyclic) bond motifs is 1.